The topological polar surface area (TPSA) is 52.6 Å². The molecule has 1 aromatic rings. The first-order valence-corrected chi connectivity index (χ1v) is 6.57. The number of hydrogen-bond acceptors (Lipinski definition) is 4. The third kappa shape index (κ3) is 3.96. The molecule has 4 nitrogen and oxygen atoms in total. The Morgan fingerprint density at radius 3 is 2.42 bits per heavy atom. The van der Waals surface area contributed by atoms with Crippen LogP contribution in [-0.2, 0) is 4.74 Å². The Labute approximate surface area is 117 Å². The highest BCUT2D eigenvalue weighted by molar-refractivity contribution is 6.34. The maximum Gasteiger partial charge on any atom is 0.338 e. The first-order valence-electron chi connectivity index (χ1n) is 6.13. The molecule has 0 amide bonds. The molecule has 1 aromatic carbocycles. The van der Waals surface area contributed by atoms with Gasteiger partial charge in [0.15, 0.2) is 5.78 Å². The van der Waals surface area contributed by atoms with Crippen LogP contribution in [0.4, 0.5) is 0 Å². The van der Waals surface area contributed by atoms with Crippen LogP contribution in [0.5, 0.6) is 5.75 Å². The summed E-state index contributed by atoms with van der Waals surface area (Å²) in [7, 11) is 0. The molecule has 0 bridgehead atoms. The Balaban J connectivity index is 3.22. The Morgan fingerprint density at radius 1 is 1.21 bits per heavy atom. The number of esters is 1. The molecule has 0 heterocycles. The molecule has 0 spiro atoms. The Morgan fingerprint density at radius 2 is 1.89 bits per heavy atom. The zero-order valence-electron chi connectivity index (χ0n) is 11.2. The van der Waals surface area contributed by atoms with Crippen LogP contribution >= 0.6 is 11.6 Å². The fourth-order valence-electron chi connectivity index (χ4n) is 1.58. The van der Waals surface area contributed by atoms with Crippen molar-refractivity contribution in [1.82, 2.24) is 0 Å². The van der Waals surface area contributed by atoms with Crippen LogP contribution in [0.15, 0.2) is 18.2 Å². The van der Waals surface area contributed by atoms with Crippen molar-refractivity contribution in [1.29, 1.82) is 0 Å². The Kier molecular flexibility index (Phi) is 5.83. The van der Waals surface area contributed by atoms with E-state index in [0.717, 1.165) is 0 Å². The maximum atomic E-state index is 12.0. The van der Waals surface area contributed by atoms with E-state index < -0.39 is 11.3 Å². The van der Waals surface area contributed by atoms with E-state index in [1.54, 1.807) is 19.9 Å². The van der Waals surface area contributed by atoms with E-state index in [4.69, 9.17) is 21.1 Å². The van der Waals surface area contributed by atoms with Gasteiger partial charge in [0.05, 0.1) is 24.2 Å². The summed E-state index contributed by atoms with van der Waals surface area (Å²) >= 11 is 5.80. The zero-order chi connectivity index (χ0) is 14.4. The van der Waals surface area contributed by atoms with Gasteiger partial charge in [-0.05, 0) is 39.0 Å². The van der Waals surface area contributed by atoms with E-state index in [1.165, 1.54) is 12.1 Å². The van der Waals surface area contributed by atoms with Crippen LogP contribution in [0.25, 0.3) is 0 Å². The van der Waals surface area contributed by atoms with Crippen molar-refractivity contribution in [2.24, 2.45) is 0 Å². The number of carbonyl (C=O) groups excluding carboxylic acids is 2. The third-order valence-electron chi connectivity index (χ3n) is 2.42. The number of halogens is 1. The van der Waals surface area contributed by atoms with Crippen LogP contribution in [0.1, 0.15) is 41.5 Å². The molecular weight excluding hydrogens is 268 g/mol. The second-order valence-electron chi connectivity index (χ2n) is 3.84. The molecule has 1 unspecified atom stereocenters. The lowest BCUT2D eigenvalue weighted by Gasteiger charge is -2.11. The monoisotopic (exact) mass is 284 g/mol. The summed E-state index contributed by atoms with van der Waals surface area (Å²) in [5, 5.41) is -0.718. The third-order valence-corrected chi connectivity index (χ3v) is 2.62. The highest BCUT2D eigenvalue weighted by Crippen LogP contribution is 2.21. The summed E-state index contributed by atoms with van der Waals surface area (Å²) in [4.78, 5) is 23.8. The van der Waals surface area contributed by atoms with Crippen molar-refractivity contribution < 1.29 is 19.1 Å². The normalized spacial score (nSPS) is 11.8. The van der Waals surface area contributed by atoms with E-state index in [9.17, 15) is 9.59 Å². The van der Waals surface area contributed by atoms with E-state index >= 15 is 0 Å². The summed E-state index contributed by atoms with van der Waals surface area (Å²) in [5.74, 6) is -0.339. The molecule has 0 aromatic heterocycles. The highest BCUT2D eigenvalue weighted by Gasteiger charge is 2.22. The number of carbonyl (C=O) groups is 2. The molecule has 0 saturated carbocycles. The highest BCUT2D eigenvalue weighted by atomic mass is 35.5. The number of rotatable bonds is 6. The van der Waals surface area contributed by atoms with Crippen LogP contribution < -0.4 is 4.74 Å². The van der Waals surface area contributed by atoms with Crippen molar-refractivity contribution in [3.63, 3.8) is 0 Å². The molecule has 5 heteroatoms. The number of alkyl halides is 1. The number of benzene rings is 1. The van der Waals surface area contributed by atoms with Gasteiger partial charge in [-0.1, -0.05) is 0 Å². The molecular formula is C14H17ClO4. The van der Waals surface area contributed by atoms with Gasteiger partial charge in [0.25, 0.3) is 0 Å². The summed E-state index contributed by atoms with van der Waals surface area (Å²) in [6.07, 6.45) is 0. The summed E-state index contributed by atoms with van der Waals surface area (Å²) < 4.78 is 10.2. The van der Waals surface area contributed by atoms with E-state index in [-0.39, 0.29) is 23.5 Å². The molecule has 0 saturated heterocycles. The largest absolute Gasteiger partial charge is 0.494 e. The van der Waals surface area contributed by atoms with Crippen LogP contribution in [0, 0.1) is 0 Å². The molecule has 1 rings (SSSR count). The van der Waals surface area contributed by atoms with Crippen molar-refractivity contribution >= 4 is 23.4 Å². The van der Waals surface area contributed by atoms with E-state index in [2.05, 4.69) is 0 Å². The molecule has 19 heavy (non-hydrogen) atoms. The SMILES string of the molecule is CCOC(=O)c1ccc(OCC)cc1C(=O)C(C)Cl. The number of ketones is 1. The van der Waals surface area contributed by atoms with Crippen molar-refractivity contribution in [2.45, 2.75) is 26.1 Å². The van der Waals surface area contributed by atoms with Crippen molar-refractivity contribution in [3.05, 3.63) is 29.3 Å². The predicted octanol–water partition coefficient (Wildman–Crippen LogP) is 3.07. The summed E-state index contributed by atoms with van der Waals surface area (Å²) in [6.45, 7) is 5.83. The van der Waals surface area contributed by atoms with Crippen LogP contribution in [0.2, 0.25) is 0 Å². The molecule has 0 aliphatic carbocycles. The fourth-order valence-corrected chi connectivity index (χ4v) is 1.70. The van der Waals surface area contributed by atoms with Gasteiger partial charge in [0.1, 0.15) is 5.75 Å². The van der Waals surface area contributed by atoms with Gasteiger partial charge < -0.3 is 9.47 Å². The van der Waals surface area contributed by atoms with Crippen molar-refractivity contribution in [3.8, 4) is 5.75 Å². The minimum atomic E-state index is -0.718. The zero-order valence-corrected chi connectivity index (χ0v) is 12.0. The minimum absolute atomic E-state index is 0.211. The van der Waals surface area contributed by atoms with E-state index in [1.807, 2.05) is 6.92 Å². The summed E-state index contributed by atoms with van der Waals surface area (Å²) in [5.41, 5.74) is 0.440. The van der Waals surface area contributed by atoms with Gasteiger partial charge in [-0.15, -0.1) is 11.6 Å². The summed E-state index contributed by atoms with van der Waals surface area (Å²) in [6, 6.07) is 4.68. The molecule has 0 N–H and O–H groups in total. The minimum Gasteiger partial charge on any atom is -0.494 e. The average Bonchev–Trinajstić information content (AvgIpc) is 2.38. The predicted molar refractivity (Wildman–Crippen MR) is 73.2 cm³/mol. The Hall–Kier alpha value is -1.55. The van der Waals surface area contributed by atoms with Crippen molar-refractivity contribution in [2.75, 3.05) is 13.2 Å². The lowest BCUT2D eigenvalue weighted by atomic mass is 10.0. The second-order valence-corrected chi connectivity index (χ2v) is 4.50. The van der Waals surface area contributed by atoms with Crippen LogP contribution in [0.3, 0.4) is 0 Å². The molecule has 0 aliphatic heterocycles. The molecule has 0 fully saturated rings. The van der Waals surface area contributed by atoms with Gasteiger partial charge >= 0.3 is 5.97 Å². The second kappa shape index (κ2) is 7.14. The number of hydrogen-bond donors (Lipinski definition) is 0. The molecule has 0 aliphatic rings. The maximum absolute atomic E-state index is 12.0. The lowest BCUT2D eigenvalue weighted by molar-refractivity contribution is 0.0523. The van der Waals surface area contributed by atoms with Gasteiger partial charge in [0.2, 0.25) is 0 Å². The molecule has 104 valence electrons. The number of ether oxygens (including phenoxy) is 2. The average molecular weight is 285 g/mol. The Bertz CT molecular complexity index is 469. The first kappa shape index (κ1) is 15.5. The molecule has 1 atom stereocenters. The lowest BCUT2D eigenvalue weighted by Crippen LogP contribution is -2.17. The molecule has 0 radical (unpaired) electrons. The van der Waals surface area contributed by atoms with Gasteiger partial charge in [-0.25, -0.2) is 4.79 Å². The van der Waals surface area contributed by atoms with Gasteiger partial charge in [-0.3, -0.25) is 4.79 Å². The van der Waals surface area contributed by atoms with Gasteiger partial charge in [0, 0.05) is 5.56 Å². The van der Waals surface area contributed by atoms with E-state index in [0.29, 0.717) is 12.4 Å². The standard InChI is InChI=1S/C14H17ClO4/c1-4-18-10-6-7-11(14(17)19-5-2)12(8-10)13(16)9(3)15/h6-9H,4-5H2,1-3H3. The smallest absolute Gasteiger partial charge is 0.338 e. The van der Waals surface area contributed by atoms with Crippen LogP contribution in [-0.4, -0.2) is 30.3 Å². The first-order chi connectivity index (χ1) is 9.01. The van der Waals surface area contributed by atoms with Gasteiger partial charge in [-0.2, -0.15) is 0 Å². The quantitative estimate of drug-likeness (QED) is 0.458. The fraction of sp³-hybridized carbons (Fsp3) is 0.429. The number of Topliss-reactive ketones (excluding diaryl/α,β-unsaturated/α-hetero) is 1.